The van der Waals surface area contributed by atoms with Gasteiger partial charge in [0.05, 0.1) is 6.54 Å². The second kappa shape index (κ2) is 3.94. The van der Waals surface area contributed by atoms with Crippen molar-refractivity contribution in [1.82, 2.24) is 10.2 Å². The summed E-state index contributed by atoms with van der Waals surface area (Å²) in [6.45, 7) is 2.14. The van der Waals surface area contributed by atoms with E-state index >= 15 is 0 Å². The molecule has 0 saturated carbocycles. The van der Waals surface area contributed by atoms with E-state index in [0.717, 1.165) is 16.0 Å². The van der Waals surface area contributed by atoms with Gasteiger partial charge in [-0.05, 0) is 18.1 Å². The van der Waals surface area contributed by atoms with Crippen molar-refractivity contribution in [2.75, 3.05) is 0 Å². The minimum atomic E-state index is -1.38. The van der Waals surface area contributed by atoms with Crippen LogP contribution in [0.4, 0.5) is 4.79 Å². The maximum Gasteiger partial charge on any atom is 0.326 e. The van der Waals surface area contributed by atoms with Gasteiger partial charge in [0.15, 0.2) is 0 Å². The topological polar surface area (TPSA) is 69.6 Å². The SMILES string of the molecule is Cc1ccccc1CN1C(=O)NC(=O)C1O. The quantitative estimate of drug-likeness (QED) is 0.707. The molecule has 1 unspecified atom stereocenters. The van der Waals surface area contributed by atoms with Crippen molar-refractivity contribution in [3.05, 3.63) is 35.4 Å². The van der Waals surface area contributed by atoms with E-state index in [-0.39, 0.29) is 6.54 Å². The predicted molar refractivity (Wildman–Crippen MR) is 56.3 cm³/mol. The molecule has 1 aromatic rings. The number of imide groups is 1. The fourth-order valence-corrected chi connectivity index (χ4v) is 1.62. The van der Waals surface area contributed by atoms with Gasteiger partial charge in [-0.1, -0.05) is 24.3 Å². The highest BCUT2D eigenvalue weighted by Gasteiger charge is 2.36. The lowest BCUT2D eigenvalue weighted by Crippen LogP contribution is -2.34. The molecule has 84 valence electrons. The highest BCUT2D eigenvalue weighted by atomic mass is 16.3. The number of carbonyl (C=O) groups excluding carboxylic acids is 2. The van der Waals surface area contributed by atoms with Gasteiger partial charge < -0.3 is 5.11 Å². The first-order valence-corrected chi connectivity index (χ1v) is 4.93. The minimum absolute atomic E-state index is 0.228. The Labute approximate surface area is 92.7 Å². The van der Waals surface area contributed by atoms with Gasteiger partial charge in [0.2, 0.25) is 6.23 Å². The summed E-state index contributed by atoms with van der Waals surface area (Å²) in [5.41, 5.74) is 1.92. The number of benzene rings is 1. The summed E-state index contributed by atoms with van der Waals surface area (Å²) >= 11 is 0. The molecule has 1 atom stereocenters. The fraction of sp³-hybridized carbons (Fsp3) is 0.273. The van der Waals surface area contributed by atoms with E-state index in [1.165, 1.54) is 0 Å². The minimum Gasteiger partial charge on any atom is -0.365 e. The molecule has 1 saturated heterocycles. The largest absolute Gasteiger partial charge is 0.365 e. The molecule has 1 aromatic carbocycles. The molecule has 0 bridgehead atoms. The van der Waals surface area contributed by atoms with Crippen LogP contribution in [-0.2, 0) is 11.3 Å². The smallest absolute Gasteiger partial charge is 0.326 e. The van der Waals surface area contributed by atoms with Gasteiger partial charge in [0.1, 0.15) is 0 Å². The van der Waals surface area contributed by atoms with Gasteiger partial charge in [0, 0.05) is 0 Å². The second-order valence-corrected chi connectivity index (χ2v) is 3.72. The average Bonchev–Trinajstić information content (AvgIpc) is 2.48. The summed E-state index contributed by atoms with van der Waals surface area (Å²) in [4.78, 5) is 23.5. The van der Waals surface area contributed by atoms with E-state index in [0.29, 0.717) is 0 Å². The van der Waals surface area contributed by atoms with Crippen LogP contribution in [-0.4, -0.2) is 28.2 Å². The van der Waals surface area contributed by atoms with Crippen LogP contribution >= 0.6 is 0 Å². The van der Waals surface area contributed by atoms with E-state index in [1.807, 2.05) is 31.2 Å². The summed E-state index contributed by atoms with van der Waals surface area (Å²) in [5, 5.41) is 11.5. The van der Waals surface area contributed by atoms with Crippen LogP contribution in [0.2, 0.25) is 0 Å². The van der Waals surface area contributed by atoms with Crippen LogP contribution in [0.1, 0.15) is 11.1 Å². The molecule has 0 aliphatic carbocycles. The number of aliphatic hydroxyl groups excluding tert-OH is 1. The lowest BCUT2D eigenvalue weighted by atomic mass is 10.1. The number of hydrogen-bond acceptors (Lipinski definition) is 3. The Bertz CT molecular complexity index is 445. The van der Waals surface area contributed by atoms with E-state index in [1.54, 1.807) is 0 Å². The second-order valence-electron chi connectivity index (χ2n) is 3.72. The molecule has 2 N–H and O–H groups in total. The molecule has 1 aliphatic rings. The number of nitrogens with one attached hydrogen (secondary N) is 1. The monoisotopic (exact) mass is 220 g/mol. The molecular formula is C11H12N2O3. The summed E-state index contributed by atoms with van der Waals surface area (Å²) in [5.74, 6) is -0.668. The van der Waals surface area contributed by atoms with Crippen LogP contribution in [0.15, 0.2) is 24.3 Å². The summed E-state index contributed by atoms with van der Waals surface area (Å²) in [6.07, 6.45) is -1.38. The number of hydrogen-bond donors (Lipinski definition) is 2. The molecule has 0 spiro atoms. The van der Waals surface area contributed by atoms with Gasteiger partial charge in [-0.3, -0.25) is 15.0 Å². The summed E-state index contributed by atoms with van der Waals surface area (Å²) in [7, 11) is 0. The highest BCUT2D eigenvalue weighted by molar-refractivity contribution is 6.03. The van der Waals surface area contributed by atoms with Crippen LogP contribution in [0.3, 0.4) is 0 Å². The van der Waals surface area contributed by atoms with Gasteiger partial charge in [-0.2, -0.15) is 0 Å². The normalized spacial score (nSPS) is 20.1. The summed E-state index contributed by atoms with van der Waals surface area (Å²) < 4.78 is 0. The van der Waals surface area contributed by atoms with Crippen LogP contribution in [0, 0.1) is 6.92 Å². The molecule has 5 heteroatoms. The Balaban J connectivity index is 2.19. The summed E-state index contributed by atoms with van der Waals surface area (Å²) in [6, 6.07) is 6.96. The number of nitrogens with zero attached hydrogens (tertiary/aromatic N) is 1. The van der Waals surface area contributed by atoms with Crippen LogP contribution < -0.4 is 5.32 Å². The number of carbonyl (C=O) groups is 2. The molecule has 2 rings (SSSR count). The number of rotatable bonds is 2. The van der Waals surface area contributed by atoms with Crippen molar-refractivity contribution in [1.29, 1.82) is 0 Å². The predicted octanol–water partition coefficient (Wildman–Crippen LogP) is 0.365. The third-order valence-corrected chi connectivity index (χ3v) is 2.62. The van der Waals surface area contributed by atoms with Crippen LogP contribution in [0.25, 0.3) is 0 Å². The zero-order chi connectivity index (χ0) is 11.7. The lowest BCUT2D eigenvalue weighted by Gasteiger charge is -2.18. The standard InChI is InChI=1S/C11H12N2O3/c1-7-4-2-3-5-8(7)6-13-10(15)9(14)12-11(13)16/h2-5,10,15H,6H2,1H3,(H,12,14,16). The van der Waals surface area contributed by atoms with Gasteiger partial charge >= 0.3 is 6.03 Å². The third kappa shape index (κ3) is 1.77. The van der Waals surface area contributed by atoms with Gasteiger partial charge in [-0.15, -0.1) is 0 Å². The fourth-order valence-electron chi connectivity index (χ4n) is 1.62. The first kappa shape index (κ1) is 10.6. The zero-order valence-electron chi connectivity index (χ0n) is 8.80. The Morgan fingerprint density at radius 1 is 1.38 bits per heavy atom. The van der Waals surface area contributed by atoms with E-state index < -0.39 is 18.2 Å². The van der Waals surface area contributed by atoms with Crippen molar-refractivity contribution in [3.63, 3.8) is 0 Å². The van der Waals surface area contributed by atoms with Gasteiger partial charge in [-0.25, -0.2) is 4.79 Å². The molecule has 1 heterocycles. The number of amides is 3. The molecular weight excluding hydrogens is 208 g/mol. The zero-order valence-corrected chi connectivity index (χ0v) is 8.80. The number of aliphatic hydroxyl groups is 1. The molecule has 3 amide bonds. The first-order valence-electron chi connectivity index (χ1n) is 4.93. The molecule has 1 fully saturated rings. The maximum atomic E-state index is 11.3. The molecule has 0 radical (unpaired) electrons. The molecule has 5 nitrogen and oxygen atoms in total. The number of urea groups is 1. The Morgan fingerprint density at radius 3 is 2.62 bits per heavy atom. The first-order chi connectivity index (χ1) is 7.59. The maximum absolute atomic E-state index is 11.3. The van der Waals surface area contributed by atoms with E-state index in [2.05, 4.69) is 5.32 Å². The molecule has 1 aliphatic heterocycles. The van der Waals surface area contributed by atoms with Crippen molar-refractivity contribution in [3.8, 4) is 0 Å². The van der Waals surface area contributed by atoms with Crippen LogP contribution in [0.5, 0.6) is 0 Å². The van der Waals surface area contributed by atoms with Crippen molar-refractivity contribution >= 4 is 11.9 Å². The average molecular weight is 220 g/mol. The van der Waals surface area contributed by atoms with Crippen molar-refractivity contribution in [2.45, 2.75) is 19.7 Å². The third-order valence-electron chi connectivity index (χ3n) is 2.62. The van der Waals surface area contributed by atoms with E-state index in [4.69, 9.17) is 0 Å². The van der Waals surface area contributed by atoms with E-state index in [9.17, 15) is 14.7 Å². The van der Waals surface area contributed by atoms with Crippen molar-refractivity contribution in [2.24, 2.45) is 0 Å². The Hall–Kier alpha value is -1.88. The Morgan fingerprint density at radius 2 is 2.06 bits per heavy atom. The number of aryl methyl sites for hydroxylation is 1. The highest BCUT2D eigenvalue weighted by Crippen LogP contribution is 2.14. The molecule has 0 aromatic heterocycles. The Kier molecular flexibility index (Phi) is 2.62. The lowest BCUT2D eigenvalue weighted by molar-refractivity contribution is -0.130. The van der Waals surface area contributed by atoms with Crippen molar-refractivity contribution < 1.29 is 14.7 Å². The van der Waals surface area contributed by atoms with Gasteiger partial charge in [0.25, 0.3) is 5.91 Å². The molecule has 16 heavy (non-hydrogen) atoms.